The van der Waals surface area contributed by atoms with E-state index in [-0.39, 0.29) is 5.91 Å². The average Bonchev–Trinajstić information content (AvgIpc) is 3.05. The summed E-state index contributed by atoms with van der Waals surface area (Å²) in [6, 6.07) is 16.9. The van der Waals surface area contributed by atoms with Crippen molar-refractivity contribution in [2.45, 2.75) is 0 Å². The molecule has 0 bridgehead atoms. The summed E-state index contributed by atoms with van der Waals surface area (Å²) in [7, 11) is 1.58. The van der Waals surface area contributed by atoms with E-state index in [1.54, 1.807) is 19.2 Å². The largest absolute Gasteiger partial charge is 0.398 e. The maximum atomic E-state index is 12.3. The number of carbonyl (C=O) groups excluding carboxylic acids is 1. The van der Waals surface area contributed by atoms with Gasteiger partial charge in [0.2, 0.25) is 0 Å². The number of anilines is 1. The second kappa shape index (κ2) is 6.83. The highest BCUT2D eigenvalue weighted by Crippen LogP contribution is 2.27. The van der Waals surface area contributed by atoms with Gasteiger partial charge in [0.05, 0.1) is 0 Å². The normalized spacial score (nSPS) is 10.9. The monoisotopic (exact) mass is 319 g/mol. The van der Waals surface area contributed by atoms with E-state index in [4.69, 9.17) is 10.3 Å². The van der Waals surface area contributed by atoms with Crippen LogP contribution in [0.5, 0.6) is 0 Å². The van der Waals surface area contributed by atoms with E-state index in [2.05, 4.69) is 10.5 Å². The van der Waals surface area contributed by atoms with Crippen LogP contribution in [0.2, 0.25) is 0 Å². The molecule has 0 aliphatic rings. The molecule has 0 saturated carbocycles. The highest BCUT2D eigenvalue weighted by Gasteiger charge is 2.21. The summed E-state index contributed by atoms with van der Waals surface area (Å²) in [5.74, 6) is 0.132. The molecule has 2 aromatic carbocycles. The van der Waals surface area contributed by atoms with Crippen molar-refractivity contribution >= 4 is 23.7 Å². The quantitative estimate of drug-likeness (QED) is 0.722. The summed E-state index contributed by atoms with van der Waals surface area (Å²) in [5.41, 5.74) is 9.15. The molecule has 0 spiro atoms. The van der Waals surface area contributed by atoms with Gasteiger partial charge in [0.1, 0.15) is 11.3 Å². The molecule has 0 fully saturated rings. The van der Waals surface area contributed by atoms with Crippen molar-refractivity contribution in [1.29, 1.82) is 0 Å². The van der Waals surface area contributed by atoms with Gasteiger partial charge in [0.25, 0.3) is 5.91 Å². The molecule has 0 atom stereocenters. The lowest BCUT2D eigenvalue weighted by molar-refractivity contribution is 0.0963. The van der Waals surface area contributed by atoms with Gasteiger partial charge >= 0.3 is 0 Å². The first-order valence-electron chi connectivity index (χ1n) is 7.50. The molecule has 1 aromatic heterocycles. The van der Waals surface area contributed by atoms with Crippen molar-refractivity contribution in [2.75, 3.05) is 12.8 Å². The predicted molar refractivity (Wildman–Crippen MR) is 95.1 cm³/mol. The van der Waals surface area contributed by atoms with Crippen molar-refractivity contribution in [2.24, 2.45) is 0 Å². The van der Waals surface area contributed by atoms with Crippen molar-refractivity contribution in [3.63, 3.8) is 0 Å². The third kappa shape index (κ3) is 3.05. The summed E-state index contributed by atoms with van der Waals surface area (Å²) in [6.45, 7) is 0. The van der Waals surface area contributed by atoms with Crippen LogP contribution in [0.25, 0.3) is 23.4 Å². The molecule has 1 heterocycles. The third-order valence-electron chi connectivity index (χ3n) is 3.63. The van der Waals surface area contributed by atoms with Crippen LogP contribution in [0.3, 0.4) is 0 Å². The molecule has 3 rings (SSSR count). The van der Waals surface area contributed by atoms with Crippen LogP contribution in [0.15, 0.2) is 59.1 Å². The Bertz CT molecular complexity index is 883. The number of nitrogen functional groups attached to an aromatic ring is 1. The molecule has 0 unspecified atom stereocenters. The molecule has 1 amide bonds. The second-order valence-corrected chi connectivity index (χ2v) is 5.18. The fraction of sp³-hybridized carbons (Fsp3) is 0.0526. The van der Waals surface area contributed by atoms with Crippen LogP contribution >= 0.6 is 0 Å². The third-order valence-corrected chi connectivity index (χ3v) is 3.63. The smallest absolute Gasteiger partial charge is 0.257 e. The number of benzene rings is 2. The number of nitrogens with two attached hydrogens (primary N) is 1. The molecular formula is C19H17N3O2. The van der Waals surface area contributed by atoms with Gasteiger partial charge in [-0.05, 0) is 23.8 Å². The highest BCUT2D eigenvalue weighted by atomic mass is 16.5. The van der Waals surface area contributed by atoms with E-state index in [0.29, 0.717) is 22.7 Å². The van der Waals surface area contributed by atoms with Gasteiger partial charge in [0, 0.05) is 18.3 Å². The second-order valence-electron chi connectivity index (χ2n) is 5.18. The van der Waals surface area contributed by atoms with Crippen LogP contribution in [0.1, 0.15) is 21.7 Å². The van der Waals surface area contributed by atoms with Gasteiger partial charge in [-0.2, -0.15) is 0 Å². The van der Waals surface area contributed by atoms with Gasteiger partial charge < -0.3 is 15.6 Å². The maximum Gasteiger partial charge on any atom is 0.257 e. The molecule has 0 saturated heterocycles. The Kier molecular flexibility index (Phi) is 4.43. The summed E-state index contributed by atoms with van der Waals surface area (Å²) >= 11 is 0. The first-order chi connectivity index (χ1) is 11.7. The van der Waals surface area contributed by atoms with Gasteiger partial charge in [-0.25, -0.2) is 0 Å². The summed E-state index contributed by atoms with van der Waals surface area (Å²) in [4.78, 5) is 12.3. The number of aromatic nitrogens is 1. The molecule has 0 radical (unpaired) electrons. The molecule has 3 aromatic rings. The number of hydrogen-bond acceptors (Lipinski definition) is 4. The molecule has 5 heteroatoms. The number of rotatable bonds is 4. The standard InChI is InChI=1S/C19H17N3O2/c1-21-19(23)17-16(12-11-13-7-5-6-10-15(13)20)24-22-18(17)14-8-3-2-4-9-14/h2-12H,20H2,1H3,(H,21,23). The van der Waals surface area contributed by atoms with E-state index >= 15 is 0 Å². The fourth-order valence-corrected chi connectivity index (χ4v) is 2.38. The lowest BCUT2D eigenvalue weighted by atomic mass is 10.0. The number of nitrogens with zero attached hydrogens (tertiary/aromatic N) is 1. The van der Waals surface area contributed by atoms with Gasteiger partial charge in [0.15, 0.2) is 5.76 Å². The number of carbonyl (C=O) groups is 1. The van der Waals surface area contributed by atoms with Crippen molar-refractivity contribution < 1.29 is 9.32 Å². The average molecular weight is 319 g/mol. The fourth-order valence-electron chi connectivity index (χ4n) is 2.38. The molecular weight excluding hydrogens is 302 g/mol. The molecule has 3 N–H and O–H groups in total. The SMILES string of the molecule is CNC(=O)c1c(-c2ccccc2)noc1C=Cc1ccccc1N. The van der Waals surface area contributed by atoms with Crippen molar-refractivity contribution in [1.82, 2.24) is 10.5 Å². The van der Waals surface area contributed by atoms with Gasteiger partial charge in [-0.1, -0.05) is 53.7 Å². The maximum absolute atomic E-state index is 12.3. The Morgan fingerprint density at radius 2 is 1.79 bits per heavy atom. The van der Waals surface area contributed by atoms with Crippen LogP contribution in [0.4, 0.5) is 5.69 Å². The number of nitrogens with one attached hydrogen (secondary N) is 1. The minimum atomic E-state index is -0.254. The molecule has 0 aliphatic heterocycles. The lowest BCUT2D eigenvalue weighted by Gasteiger charge is -2.01. The summed E-state index contributed by atoms with van der Waals surface area (Å²) in [5, 5.41) is 6.70. The van der Waals surface area contributed by atoms with Crippen LogP contribution < -0.4 is 11.1 Å². The first kappa shape index (κ1) is 15.6. The predicted octanol–water partition coefficient (Wildman–Crippen LogP) is 3.45. The van der Waals surface area contributed by atoms with Crippen LogP contribution in [-0.2, 0) is 0 Å². The van der Waals surface area contributed by atoms with E-state index in [1.807, 2.05) is 54.6 Å². The highest BCUT2D eigenvalue weighted by molar-refractivity contribution is 6.03. The Balaban J connectivity index is 2.04. The zero-order valence-electron chi connectivity index (χ0n) is 13.2. The topological polar surface area (TPSA) is 81.2 Å². The van der Waals surface area contributed by atoms with Gasteiger partial charge in [-0.3, -0.25) is 4.79 Å². The summed E-state index contributed by atoms with van der Waals surface area (Å²) in [6.07, 6.45) is 3.51. The van der Waals surface area contributed by atoms with E-state index in [0.717, 1.165) is 11.1 Å². The molecule has 0 aliphatic carbocycles. The number of hydrogen-bond donors (Lipinski definition) is 2. The zero-order chi connectivity index (χ0) is 16.9. The van der Waals surface area contributed by atoms with Crippen molar-refractivity contribution in [3.05, 3.63) is 71.5 Å². The Morgan fingerprint density at radius 1 is 1.08 bits per heavy atom. The summed E-state index contributed by atoms with van der Waals surface area (Å²) < 4.78 is 5.40. The van der Waals surface area contributed by atoms with E-state index in [9.17, 15) is 4.79 Å². The van der Waals surface area contributed by atoms with E-state index in [1.165, 1.54) is 0 Å². The van der Waals surface area contributed by atoms with E-state index < -0.39 is 0 Å². The van der Waals surface area contributed by atoms with Gasteiger partial charge in [-0.15, -0.1) is 0 Å². The minimum absolute atomic E-state index is 0.254. The first-order valence-corrected chi connectivity index (χ1v) is 7.50. The van der Waals surface area contributed by atoms with Crippen LogP contribution in [-0.4, -0.2) is 18.1 Å². The molecule has 120 valence electrons. The number of para-hydroxylation sites is 1. The Hall–Kier alpha value is -3.34. The molecule has 5 nitrogen and oxygen atoms in total. The zero-order valence-corrected chi connectivity index (χ0v) is 13.2. The Labute approximate surface area is 139 Å². The lowest BCUT2D eigenvalue weighted by Crippen LogP contribution is -2.18. The van der Waals surface area contributed by atoms with Crippen LogP contribution in [0, 0.1) is 0 Å². The Morgan fingerprint density at radius 3 is 2.50 bits per heavy atom. The molecule has 24 heavy (non-hydrogen) atoms. The van der Waals surface area contributed by atoms with Crippen molar-refractivity contribution in [3.8, 4) is 11.3 Å². The minimum Gasteiger partial charge on any atom is -0.398 e. The number of amides is 1.